The van der Waals surface area contributed by atoms with Crippen molar-refractivity contribution in [3.05, 3.63) is 29.8 Å². The first-order valence-electron chi connectivity index (χ1n) is 10.0. The number of amidine groups is 1. The molecular formula is C21H27F2N7O3. The number of aryl methyl sites for hydroxylation is 1. The largest absolute Gasteiger partial charge is 0.484 e. The smallest absolute Gasteiger partial charge is 0.303 e. The lowest BCUT2D eigenvalue weighted by Crippen LogP contribution is -2.16. The molecule has 2 aromatic heterocycles. The van der Waals surface area contributed by atoms with Crippen molar-refractivity contribution in [2.24, 2.45) is 9.98 Å². The Morgan fingerprint density at radius 1 is 1.24 bits per heavy atom. The Hall–Kier alpha value is -3.70. The van der Waals surface area contributed by atoms with Gasteiger partial charge in [0.1, 0.15) is 18.2 Å². The van der Waals surface area contributed by atoms with E-state index in [0.717, 1.165) is 6.92 Å². The summed E-state index contributed by atoms with van der Waals surface area (Å²) in [5.74, 6) is -2.68. The molecule has 10 nitrogen and oxygen atoms in total. The van der Waals surface area contributed by atoms with Crippen LogP contribution in [0, 0.1) is 6.92 Å². The highest BCUT2D eigenvalue weighted by Crippen LogP contribution is 2.31. The number of hydrogen-bond donors (Lipinski definition) is 2. The van der Waals surface area contributed by atoms with Crippen molar-refractivity contribution in [2.45, 2.75) is 40.0 Å². The van der Waals surface area contributed by atoms with Gasteiger partial charge in [0.2, 0.25) is 11.7 Å². The summed E-state index contributed by atoms with van der Waals surface area (Å²) in [5.41, 5.74) is 0.683. The van der Waals surface area contributed by atoms with Crippen LogP contribution >= 0.6 is 0 Å². The van der Waals surface area contributed by atoms with Crippen LogP contribution in [0.15, 0.2) is 28.3 Å². The number of carbonyl (C=O) groups is 1. The second-order valence-electron chi connectivity index (χ2n) is 6.97. The number of hydrogen-bond acceptors (Lipinski definition) is 8. The van der Waals surface area contributed by atoms with Gasteiger partial charge in [-0.1, -0.05) is 6.92 Å². The summed E-state index contributed by atoms with van der Waals surface area (Å²) in [6, 6.07) is 3.00. The van der Waals surface area contributed by atoms with E-state index in [1.54, 1.807) is 14.0 Å². The van der Waals surface area contributed by atoms with Crippen molar-refractivity contribution in [1.82, 2.24) is 15.0 Å². The summed E-state index contributed by atoms with van der Waals surface area (Å²) >= 11 is 0. The molecule has 178 valence electrons. The molecule has 2 N–H and O–H groups in total. The number of methoxy groups -OCH3 is 1. The Labute approximate surface area is 190 Å². The van der Waals surface area contributed by atoms with Gasteiger partial charge in [-0.2, -0.15) is 13.8 Å². The average Bonchev–Trinajstić information content (AvgIpc) is 2.73. The summed E-state index contributed by atoms with van der Waals surface area (Å²) in [4.78, 5) is 31.6. The molecule has 0 atom stereocenters. The van der Waals surface area contributed by atoms with Gasteiger partial charge in [-0.25, -0.2) is 15.0 Å². The van der Waals surface area contributed by atoms with Crippen LogP contribution in [0.5, 0.6) is 5.75 Å². The Morgan fingerprint density at radius 2 is 1.97 bits per heavy atom. The van der Waals surface area contributed by atoms with Crippen molar-refractivity contribution >= 4 is 35.0 Å². The molecule has 0 aliphatic rings. The number of aromatic nitrogens is 3. The lowest BCUT2D eigenvalue weighted by molar-refractivity contribution is -0.114. The van der Waals surface area contributed by atoms with Gasteiger partial charge < -0.3 is 20.1 Å². The molecule has 0 bridgehead atoms. The first kappa shape index (κ1) is 25.6. The van der Waals surface area contributed by atoms with Gasteiger partial charge in [-0.05, 0) is 6.92 Å². The predicted octanol–water partition coefficient (Wildman–Crippen LogP) is 3.86. The Morgan fingerprint density at radius 3 is 2.55 bits per heavy atom. The summed E-state index contributed by atoms with van der Waals surface area (Å²) in [6.07, 6.45) is 1.96. The maximum atomic E-state index is 13.8. The molecule has 33 heavy (non-hydrogen) atoms. The molecule has 0 aliphatic heterocycles. The number of anilines is 3. The van der Waals surface area contributed by atoms with Crippen LogP contribution in [-0.4, -0.2) is 53.4 Å². The molecule has 1 amide bonds. The van der Waals surface area contributed by atoms with E-state index in [0.29, 0.717) is 29.5 Å². The van der Waals surface area contributed by atoms with Crippen molar-refractivity contribution < 1.29 is 23.0 Å². The summed E-state index contributed by atoms with van der Waals surface area (Å²) in [6.45, 7) is 5.52. The number of nitrogens with one attached hydrogen (secondary N) is 2. The van der Waals surface area contributed by atoms with E-state index < -0.39 is 11.7 Å². The predicted molar refractivity (Wildman–Crippen MR) is 122 cm³/mol. The lowest BCUT2D eigenvalue weighted by atomic mass is 10.3. The molecule has 0 aromatic carbocycles. The molecule has 0 saturated carbocycles. The van der Waals surface area contributed by atoms with Crippen LogP contribution in [0.1, 0.15) is 38.7 Å². The molecule has 0 fully saturated rings. The van der Waals surface area contributed by atoms with Crippen molar-refractivity contribution in [3.63, 3.8) is 0 Å². The molecule has 0 aliphatic carbocycles. The van der Waals surface area contributed by atoms with E-state index in [1.165, 1.54) is 32.4 Å². The molecule has 0 unspecified atom stereocenters. The van der Waals surface area contributed by atoms with Gasteiger partial charge in [0.15, 0.2) is 17.5 Å². The molecule has 2 aromatic rings. The number of nitrogens with zero attached hydrogens (tertiary/aromatic N) is 5. The highest BCUT2D eigenvalue weighted by Gasteiger charge is 2.29. The van der Waals surface area contributed by atoms with Crippen molar-refractivity contribution in [3.8, 4) is 5.75 Å². The number of pyridine rings is 1. The fourth-order valence-electron chi connectivity index (χ4n) is 2.57. The number of alkyl halides is 2. The van der Waals surface area contributed by atoms with Gasteiger partial charge in [-0.15, -0.1) is 0 Å². The quantitative estimate of drug-likeness (QED) is 0.450. The summed E-state index contributed by atoms with van der Waals surface area (Å²) in [7, 11) is 3.08. The van der Waals surface area contributed by atoms with Crippen LogP contribution in [0.25, 0.3) is 0 Å². The van der Waals surface area contributed by atoms with Crippen molar-refractivity contribution in [2.75, 3.05) is 31.4 Å². The Kier molecular flexibility index (Phi) is 8.71. The first-order chi connectivity index (χ1) is 15.5. The maximum Gasteiger partial charge on any atom is 0.303 e. The highest BCUT2D eigenvalue weighted by atomic mass is 19.3. The minimum absolute atomic E-state index is 0.0136. The molecule has 12 heteroatoms. The van der Waals surface area contributed by atoms with E-state index in [1.807, 2.05) is 6.92 Å². The number of aliphatic imine (C=N–C) groups is 2. The van der Waals surface area contributed by atoms with Gasteiger partial charge in [0.05, 0.1) is 19.0 Å². The number of ether oxygens (including phenoxy) is 2. The topological polar surface area (TPSA) is 123 Å². The second-order valence-corrected chi connectivity index (χ2v) is 6.97. The van der Waals surface area contributed by atoms with E-state index in [-0.39, 0.29) is 29.9 Å². The monoisotopic (exact) mass is 463 g/mol. The van der Waals surface area contributed by atoms with Crippen LogP contribution < -0.4 is 15.4 Å². The zero-order valence-corrected chi connectivity index (χ0v) is 19.4. The molecule has 0 spiro atoms. The van der Waals surface area contributed by atoms with E-state index in [4.69, 9.17) is 9.47 Å². The third kappa shape index (κ3) is 7.74. The van der Waals surface area contributed by atoms with E-state index in [2.05, 4.69) is 35.6 Å². The van der Waals surface area contributed by atoms with Gasteiger partial charge >= 0.3 is 5.92 Å². The SMILES string of the molecule is CCC(=NC(COc1cnc(NC(C)=O)cc1Nc1cc(C)nc(C(C)(F)F)n1)=NC)OC. The lowest BCUT2D eigenvalue weighted by Gasteiger charge is -2.16. The van der Waals surface area contributed by atoms with E-state index in [9.17, 15) is 13.6 Å². The normalized spacial score (nSPS) is 12.4. The maximum absolute atomic E-state index is 13.8. The Balaban J connectivity index is 2.38. The first-order valence-corrected chi connectivity index (χ1v) is 10.0. The Bertz CT molecular complexity index is 1050. The number of rotatable bonds is 8. The second kappa shape index (κ2) is 11.2. The zero-order chi connectivity index (χ0) is 24.6. The van der Waals surface area contributed by atoms with Gasteiger partial charge in [-0.3, -0.25) is 9.79 Å². The third-order valence-corrected chi connectivity index (χ3v) is 4.09. The van der Waals surface area contributed by atoms with Gasteiger partial charge in [0.25, 0.3) is 0 Å². The molecule has 0 saturated heterocycles. The van der Waals surface area contributed by atoms with Crippen LogP contribution in [0.2, 0.25) is 0 Å². The third-order valence-electron chi connectivity index (χ3n) is 4.09. The molecule has 2 heterocycles. The van der Waals surface area contributed by atoms with Crippen LogP contribution in [0.3, 0.4) is 0 Å². The zero-order valence-electron chi connectivity index (χ0n) is 19.4. The standard InChI is InChI=1S/C21H27F2N7O3/c1-7-19(32-6)29-18(24-5)11-33-15-10-25-16(27-13(3)31)9-14(15)28-17-8-12(2)26-20(30-17)21(4,22)23/h8-10H,7,11H2,1-6H3,(H2,25,26,27,28,30,31). The number of halogens is 2. The average molecular weight is 463 g/mol. The number of carbonyl (C=O) groups excluding carboxylic acids is 1. The summed E-state index contributed by atoms with van der Waals surface area (Å²) < 4.78 is 38.5. The molecule has 0 radical (unpaired) electrons. The van der Waals surface area contributed by atoms with Crippen LogP contribution in [-0.2, 0) is 15.5 Å². The fraction of sp³-hybridized carbons (Fsp3) is 0.429. The van der Waals surface area contributed by atoms with Gasteiger partial charge in [0, 0.05) is 45.1 Å². The van der Waals surface area contributed by atoms with Crippen LogP contribution in [0.4, 0.5) is 26.1 Å². The number of amides is 1. The minimum Gasteiger partial charge on any atom is -0.484 e. The van der Waals surface area contributed by atoms with Crippen molar-refractivity contribution in [1.29, 1.82) is 0 Å². The molecule has 2 rings (SSSR count). The molecular weight excluding hydrogens is 436 g/mol. The fourth-order valence-corrected chi connectivity index (χ4v) is 2.57. The van der Waals surface area contributed by atoms with E-state index >= 15 is 0 Å². The highest BCUT2D eigenvalue weighted by molar-refractivity contribution is 5.95. The summed E-state index contributed by atoms with van der Waals surface area (Å²) in [5, 5.41) is 5.51. The minimum atomic E-state index is -3.22.